The van der Waals surface area contributed by atoms with E-state index in [0.717, 1.165) is 45.4 Å². The van der Waals surface area contributed by atoms with Crippen molar-refractivity contribution < 1.29 is 45.3 Å². The summed E-state index contributed by atoms with van der Waals surface area (Å²) in [6.45, 7) is 7.46. The zero-order valence-electron chi connectivity index (χ0n) is 45.7. The predicted molar refractivity (Wildman–Crippen MR) is 307 cm³/mol. The number of carbonyl (C=O) groups excluding carboxylic acids is 1. The summed E-state index contributed by atoms with van der Waals surface area (Å²) in [6, 6.07) is 43.2. The Morgan fingerprint density at radius 3 is 2.00 bits per heavy atom. The molecule has 0 bridgehead atoms. The third-order valence-electron chi connectivity index (χ3n) is 17.1. The third-order valence-corrected chi connectivity index (χ3v) is 17.1. The SMILES string of the molecule is CCCCC[C@H]1CC[C@H](c2ccc(C(=O)Nc3ccc(-c4ccc(-c5cc6c7c(c8c(c6cc5OC)OC(c5ccccc5)(c5ccc(OC)cc5)C=C8)C(C)(C)c5c-7cc(C(F)(F)F)cc5C(F)(F)F)c(C)c4)cc3)cc2)CC1. The molecule has 1 unspecified atom stereocenters. The molecule has 3 aliphatic rings. The van der Waals surface area contributed by atoms with Crippen LogP contribution in [0.3, 0.4) is 0 Å². The van der Waals surface area contributed by atoms with Gasteiger partial charge < -0.3 is 19.5 Å². The van der Waals surface area contributed by atoms with Gasteiger partial charge in [-0.25, -0.2) is 0 Å². The molecule has 1 amide bonds. The number of nitrogens with one attached hydrogen (secondary N) is 1. The highest BCUT2D eigenvalue weighted by atomic mass is 19.4. The van der Waals surface area contributed by atoms with E-state index in [9.17, 15) is 18.0 Å². The zero-order chi connectivity index (χ0) is 56.3. The predicted octanol–water partition coefficient (Wildman–Crippen LogP) is 19.3. The van der Waals surface area contributed by atoms with E-state index in [2.05, 4.69) is 24.4 Å². The number of unbranched alkanes of at least 4 members (excludes halogenated alkanes) is 2. The van der Waals surface area contributed by atoms with Gasteiger partial charge in [0.05, 0.1) is 25.3 Å². The van der Waals surface area contributed by atoms with Gasteiger partial charge in [-0.2, -0.15) is 26.3 Å². The standard InChI is InChI=1S/C69H63F6NO4/c1-7-8-10-13-42-16-18-43(19-17-42)44-20-22-46(23-21-44)65(77)76-51-29-24-45(25-30-51)47-26-33-53(41(2)36-47)55-39-56-57(40-60(55)79-6)64-54(34-35-67(80-64,48-14-11-9-12-15-48)49-27-31-52(78-5)32-28-49)63-61(56)58-37-50(68(70,71)72)38-59(69(73,74)75)62(58)66(63,3)4/h9,11-12,14-15,20-40,42-43H,7-8,10,13,16-19H2,1-6H3,(H,76,77)/t42-,43-,67?. The van der Waals surface area contributed by atoms with Gasteiger partial charge in [0.25, 0.3) is 5.91 Å². The summed E-state index contributed by atoms with van der Waals surface area (Å²) in [6.07, 6.45) is 3.64. The molecule has 2 aliphatic carbocycles. The average molecular weight is 1080 g/mol. The maximum atomic E-state index is 15.3. The highest BCUT2D eigenvalue weighted by Gasteiger charge is 2.50. The number of amides is 1. The molecule has 0 radical (unpaired) electrons. The molecule has 1 saturated carbocycles. The first-order valence-corrected chi connectivity index (χ1v) is 27.6. The fraction of sp³-hybridized carbons (Fsp3) is 0.290. The Bertz CT molecular complexity index is 3670. The van der Waals surface area contributed by atoms with Crippen LogP contribution in [0.25, 0.3) is 50.2 Å². The van der Waals surface area contributed by atoms with Crippen molar-refractivity contribution >= 4 is 28.4 Å². The van der Waals surface area contributed by atoms with Crippen molar-refractivity contribution in [3.8, 4) is 50.6 Å². The highest BCUT2D eigenvalue weighted by molar-refractivity contribution is 6.11. The van der Waals surface area contributed by atoms with Crippen LogP contribution in [0.5, 0.6) is 17.2 Å². The number of methoxy groups -OCH3 is 2. The molecule has 8 aromatic rings. The topological polar surface area (TPSA) is 56.8 Å². The molecule has 0 aromatic heterocycles. The summed E-state index contributed by atoms with van der Waals surface area (Å²) >= 11 is 0. The van der Waals surface area contributed by atoms with Gasteiger partial charge in [-0.15, -0.1) is 0 Å². The van der Waals surface area contributed by atoms with E-state index in [1.165, 1.54) is 64.0 Å². The molecule has 5 nitrogen and oxygen atoms in total. The Morgan fingerprint density at radius 1 is 0.675 bits per heavy atom. The van der Waals surface area contributed by atoms with E-state index in [0.29, 0.717) is 61.9 Å². The van der Waals surface area contributed by atoms with Crippen molar-refractivity contribution in [3.05, 3.63) is 207 Å². The maximum Gasteiger partial charge on any atom is 0.416 e. The second-order valence-electron chi connectivity index (χ2n) is 22.3. The minimum absolute atomic E-state index is 0.148. The molecule has 11 heteroatoms. The summed E-state index contributed by atoms with van der Waals surface area (Å²) in [7, 11) is 3.10. The summed E-state index contributed by atoms with van der Waals surface area (Å²) in [5, 5.41) is 3.89. The lowest BCUT2D eigenvalue weighted by Gasteiger charge is -2.38. The number of halogens is 6. The van der Waals surface area contributed by atoms with E-state index in [-0.39, 0.29) is 28.7 Å². The lowest BCUT2D eigenvalue weighted by molar-refractivity contribution is -0.143. The Morgan fingerprint density at radius 2 is 1.36 bits per heavy atom. The number of hydrogen-bond acceptors (Lipinski definition) is 4. The van der Waals surface area contributed by atoms with Crippen molar-refractivity contribution in [1.29, 1.82) is 0 Å². The summed E-state index contributed by atoms with van der Waals surface area (Å²) < 4.78 is 109. The van der Waals surface area contributed by atoms with Gasteiger partial charge in [0.15, 0.2) is 5.60 Å². The molecule has 11 rings (SSSR count). The van der Waals surface area contributed by atoms with Crippen LogP contribution in [-0.4, -0.2) is 20.1 Å². The molecule has 1 N–H and O–H groups in total. The molecule has 1 aliphatic heterocycles. The van der Waals surface area contributed by atoms with Gasteiger partial charge >= 0.3 is 12.4 Å². The average Bonchev–Trinajstić information content (AvgIpc) is 3.90. The molecule has 0 saturated heterocycles. The number of aryl methyl sites for hydroxylation is 1. The van der Waals surface area contributed by atoms with Crippen LogP contribution in [0.2, 0.25) is 0 Å². The number of rotatable bonds is 13. The highest BCUT2D eigenvalue weighted by Crippen LogP contribution is 2.62. The lowest BCUT2D eigenvalue weighted by Crippen LogP contribution is -2.35. The Hall–Kier alpha value is -7.79. The van der Waals surface area contributed by atoms with Gasteiger partial charge in [-0.1, -0.05) is 137 Å². The second-order valence-corrected chi connectivity index (χ2v) is 22.3. The van der Waals surface area contributed by atoms with Crippen LogP contribution in [0, 0.1) is 12.8 Å². The molecule has 1 fully saturated rings. The van der Waals surface area contributed by atoms with Crippen molar-refractivity contribution in [3.63, 3.8) is 0 Å². The molecule has 0 spiro atoms. The van der Waals surface area contributed by atoms with Gasteiger partial charge in [-0.05, 0) is 167 Å². The van der Waals surface area contributed by atoms with Crippen LogP contribution in [0.4, 0.5) is 32.0 Å². The van der Waals surface area contributed by atoms with E-state index < -0.39 is 34.5 Å². The maximum absolute atomic E-state index is 15.3. The Balaban J connectivity index is 0.966. The quantitative estimate of drug-likeness (QED) is 0.0923. The first kappa shape index (κ1) is 54.2. The number of hydrogen-bond donors (Lipinski definition) is 1. The Labute approximate surface area is 463 Å². The Kier molecular flexibility index (Phi) is 14.2. The first-order valence-electron chi connectivity index (χ1n) is 27.6. The molecule has 1 atom stereocenters. The van der Waals surface area contributed by atoms with Gasteiger partial charge in [-0.3, -0.25) is 4.79 Å². The number of alkyl halides is 6. The van der Waals surface area contributed by atoms with Gasteiger partial charge in [0.2, 0.25) is 0 Å². The smallest absolute Gasteiger partial charge is 0.416 e. The normalized spacial score (nSPS) is 18.2. The first-order chi connectivity index (χ1) is 38.3. The van der Waals surface area contributed by atoms with E-state index in [4.69, 9.17) is 14.2 Å². The van der Waals surface area contributed by atoms with Crippen molar-refractivity contribution in [2.24, 2.45) is 5.92 Å². The van der Waals surface area contributed by atoms with Crippen molar-refractivity contribution in [2.75, 3.05) is 19.5 Å². The zero-order valence-corrected chi connectivity index (χ0v) is 45.7. The molecule has 410 valence electrons. The lowest BCUT2D eigenvalue weighted by atomic mass is 9.75. The van der Waals surface area contributed by atoms with Crippen LogP contribution in [0.1, 0.15) is 138 Å². The molecule has 1 heterocycles. The number of carbonyl (C=O) groups is 1. The third kappa shape index (κ3) is 9.80. The summed E-state index contributed by atoms with van der Waals surface area (Å²) in [4.78, 5) is 13.5. The number of ether oxygens (including phenoxy) is 3. The van der Waals surface area contributed by atoms with E-state index in [1.54, 1.807) is 27.0 Å². The molecule has 8 aromatic carbocycles. The van der Waals surface area contributed by atoms with Crippen LogP contribution < -0.4 is 19.5 Å². The largest absolute Gasteiger partial charge is 0.497 e. The minimum atomic E-state index is -5.12. The van der Waals surface area contributed by atoms with Gasteiger partial charge in [0, 0.05) is 44.3 Å². The summed E-state index contributed by atoms with van der Waals surface area (Å²) in [5.74, 6) is 2.54. The molecular formula is C69H63F6NO4. The fourth-order valence-corrected chi connectivity index (χ4v) is 13.0. The number of fused-ring (bicyclic) bond motifs is 8. The fourth-order valence-electron chi connectivity index (χ4n) is 13.0. The van der Waals surface area contributed by atoms with Crippen LogP contribution >= 0.6 is 0 Å². The second kappa shape index (κ2) is 21.0. The van der Waals surface area contributed by atoms with Crippen molar-refractivity contribution in [1.82, 2.24) is 0 Å². The molecule has 80 heavy (non-hydrogen) atoms. The number of anilines is 1. The van der Waals surface area contributed by atoms with Crippen LogP contribution in [-0.2, 0) is 23.4 Å². The van der Waals surface area contributed by atoms with E-state index in [1.807, 2.05) is 134 Å². The van der Waals surface area contributed by atoms with E-state index >= 15 is 13.2 Å². The monoisotopic (exact) mass is 1080 g/mol. The summed E-state index contributed by atoms with van der Waals surface area (Å²) in [5.41, 5.74) is 3.20. The molecular weight excluding hydrogens is 1020 g/mol. The van der Waals surface area contributed by atoms with Crippen molar-refractivity contribution in [2.45, 2.75) is 108 Å². The number of benzene rings is 8. The minimum Gasteiger partial charge on any atom is -0.497 e. The van der Waals surface area contributed by atoms with Gasteiger partial charge in [0.1, 0.15) is 17.2 Å². The van der Waals surface area contributed by atoms with Crippen LogP contribution in [0.15, 0.2) is 152 Å².